The fourth-order valence-corrected chi connectivity index (χ4v) is 29.1. The molecule has 0 radical (unpaired) electrons. The quantitative estimate of drug-likeness (QED) is 0.0488. The zero-order valence-corrected chi connectivity index (χ0v) is 93.3. The van der Waals surface area contributed by atoms with E-state index in [9.17, 15) is 4.55 Å². The number of unbranched alkanes of at least 4 members (excludes halogenated alkanes) is 90. The van der Waals surface area contributed by atoms with Gasteiger partial charge in [0.1, 0.15) is 4.75 Å². The van der Waals surface area contributed by atoms with Gasteiger partial charge in [0, 0.05) is 0 Å². The summed E-state index contributed by atoms with van der Waals surface area (Å²) >= 11 is 0. The van der Waals surface area contributed by atoms with E-state index in [1.54, 1.807) is 0 Å². The SMILES string of the molecule is CCCCCCCCCCCCC1C(CCCCCCCCCCCC)(CCCCCCCCCCCC)C(CCCCCCCCCCCC)(CCCCCCCCCCCC)C(CCCCCCCCCCCC)(CCCCCCCCCCCC)C(CCCCCCCCCCCC)(CCCCCCCCCCCC)C1(CCCCCCCCCCCC)S(=O)(=O)O. The van der Waals surface area contributed by atoms with Crippen LogP contribution in [0.2, 0.25) is 0 Å². The molecule has 0 aromatic heterocycles. The van der Waals surface area contributed by atoms with Crippen LogP contribution in [0.5, 0.6) is 0 Å². The minimum Gasteiger partial charge on any atom is -0.285 e. The van der Waals surface area contributed by atoms with Crippen LogP contribution in [0, 0.1) is 27.6 Å². The minimum absolute atomic E-state index is 0.0363. The van der Waals surface area contributed by atoms with Crippen LogP contribution in [0.25, 0.3) is 0 Å². The van der Waals surface area contributed by atoms with Crippen LogP contribution in [-0.2, 0) is 10.1 Å². The molecule has 0 heterocycles. The molecule has 0 aromatic rings. The highest BCUT2D eigenvalue weighted by Crippen LogP contribution is 2.84. The first-order valence-corrected chi connectivity index (χ1v) is 64.4. The lowest BCUT2D eigenvalue weighted by Gasteiger charge is -2.80. The molecule has 3 nitrogen and oxygen atoms in total. The summed E-state index contributed by atoms with van der Waals surface area (Å²) in [4.78, 5) is 0. The standard InChI is InChI=1S/C126H252O3S/c1-11-21-31-41-51-61-71-81-91-101-111-121-122(112-102-92-82-72-62-52-42-32-22-12-2,113-103-93-83-73-63-53-43-33-23-13-3)123(114-104-94-84-74-64-54-44-34-24-14-4,115-105-95-85-75-65-55-45-35-25-15-5)124(116-106-96-86-76-66-56-46-36-26-16-6,117-107-97-87-77-67-57-47-37-27-17-7)125(118-108-98-88-78-68-58-48-38-28-18-8,119-109-99-89-79-69-59-49-39-29-19-9)126(121,130(127,128)129)120-110-100-90-80-70-60-50-40-30-20-10/h121H,11-120H2,1-10H3,(H,127,128,129). The van der Waals surface area contributed by atoms with Gasteiger partial charge in [-0.05, 0) is 91.8 Å². The molecule has 0 bridgehead atoms. The van der Waals surface area contributed by atoms with E-state index in [2.05, 4.69) is 69.2 Å². The molecule has 1 N–H and O–H groups in total. The maximum Gasteiger partial charge on any atom is 0.271 e. The highest BCUT2D eigenvalue weighted by Gasteiger charge is 2.82. The van der Waals surface area contributed by atoms with Gasteiger partial charge in [-0.25, -0.2) is 0 Å². The number of hydrogen-bond donors (Lipinski definition) is 1. The average molecular weight is 1850 g/mol. The number of rotatable bonds is 111. The second-order valence-electron chi connectivity index (χ2n) is 45.7. The molecule has 1 rings (SSSR count). The first-order chi connectivity index (χ1) is 64.0. The molecule has 0 aromatic carbocycles. The predicted octanol–water partition coefficient (Wildman–Crippen LogP) is 47.3. The predicted molar refractivity (Wildman–Crippen MR) is 592 cm³/mol. The van der Waals surface area contributed by atoms with Gasteiger partial charge < -0.3 is 0 Å². The highest BCUT2D eigenvalue weighted by molar-refractivity contribution is 7.87. The second kappa shape index (κ2) is 95.1. The lowest BCUT2D eigenvalue weighted by molar-refractivity contribution is -0.286. The van der Waals surface area contributed by atoms with Crippen molar-refractivity contribution in [3.63, 3.8) is 0 Å². The summed E-state index contributed by atoms with van der Waals surface area (Å²) in [6, 6.07) is 0. The summed E-state index contributed by atoms with van der Waals surface area (Å²) in [6.07, 6.45) is 145. The van der Waals surface area contributed by atoms with Crippen LogP contribution >= 0.6 is 0 Å². The molecule has 1 aliphatic rings. The van der Waals surface area contributed by atoms with Crippen LogP contribution in [-0.4, -0.2) is 17.7 Å². The molecule has 4 heteroatoms. The third-order valence-electron chi connectivity index (χ3n) is 34.7. The van der Waals surface area contributed by atoms with E-state index in [-0.39, 0.29) is 22.2 Å². The first kappa shape index (κ1) is 128. The summed E-state index contributed by atoms with van der Waals surface area (Å²) in [5, 5.41) is 0. The van der Waals surface area contributed by atoms with Crippen molar-refractivity contribution in [1.82, 2.24) is 0 Å². The zero-order chi connectivity index (χ0) is 94.4. The Labute approximate surface area is 825 Å². The molecule has 2 atom stereocenters. The topological polar surface area (TPSA) is 54.4 Å². The van der Waals surface area contributed by atoms with Gasteiger partial charge in [-0.15, -0.1) is 0 Å². The Morgan fingerprint density at radius 2 is 0.269 bits per heavy atom. The van der Waals surface area contributed by atoms with E-state index in [0.717, 1.165) is 57.8 Å². The summed E-state index contributed by atoms with van der Waals surface area (Å²) in [5.74, 6) is -0.0363. The molecule has 1 saturated carbocycles. The van der Waals surface area contributed by atoms with Crippen LogP contribution in [0.15, 0.2) is 0 Å². The monoisotopic (exact) mass is 1850 g/mol. The molecule has 780 valence electrons. The van der Waals surface area contributed by atoms with Crippen LogP contribution in [0.4, 0.5) is 0 Å². The van der Waals surface area contributed by atoms with Gasteiger partial charge >= 0.3 is 0 Å². The molecular weight excluding hydrogens is 1590 g/mol. The van der Waals surface area contributed by atoms with Crippen LogP contribution < -0.4 is 0 Å². The van der Waals surface area contributed by atoms with Crippen molar-refractivity contribution in [2.45, 2.75) is 780 Å². The van der Waals surface area contributed by atoms with Crippen molar-refractivity contribution in [1.29, 1.82) is 0 Å². The summed E-state index contributed by atoms with van der Waals surface area (Å²) in [6.45, 7) is 23.8. The minimum atomic E-state index is -4.73. The summed E-state index contributed by atoms with van der Waals surface area (Å²) in [7, 11) is -4.73. The van der Waals surface area contributed by atoms with Crippen molar-refractivity contribution in [3.05, 3.63) is 0 Å². The smallest absolute Gasteiger partial charge is 0.271 e. The van der Waals surface area contributed by atoms with Crippen LogP contribution in [0.1, 0.15) is 776 Å². The van der Waals surface area contributed by atoms with Gasteiger partial charge in [0.15, 0.2) is 0 Å². The van der Waals surface area contributed by atoms with Crippen molar-refractivity contribution >= 4 is 10.1 Å². The van der Waals surface area contributed by atoms with Crippen molar-refractivity contribution in [2.24, 2.45) is 27.6 Å². The molecule has 0 aliphatic heterocycles. The molecule has 2 unspecified atom stereocenters. The molecule has 1 aliphatic carbocycles. The number of hydrogen-bond acceptors (Lipinski definition) is 2. The molecule has 0 spiro atoms. The average Bonchev–Trinajstić information content (AvgIpc) is 0.640. The lowest BCUT2D eigenvalue weighted by Crippen LogP contribution is -2.79. The summed E-state index contributed by atoms with van der Waals surface area (Å²) < 4.78 is 50.3. The Bertz CT molecular complexity index is 2210. The largest absolute Gasteiger partial charge is 0.285 e. The van der Waals surface area contributed by atoms with E-state index in [1.807, 2.05) is 0 Å². The van der Waals surface area contributed by atoms with E-state index < -0.39 is 20.3 Å². The van der Waals surface area contributed by atoms with Crippen LogP contribution in [0.3, 0.4) is 0 Å². The van der Waals surface area contributed by atoms with Gasteiger partial charge in [0.05, 0.1) is 0 Å². The van der Waals surface area contributed by atoms with Crippen molar-refractivity contribution in [2.75, 3.05) is 0 Å². The van der Waals surface area contributed by atoms with E-state index in [1.165, 1.54) is 649 Å². The van der Waals surface area contributed by atoms with E-state index >= 15 is 8.42 Å². The Balaban J connectivity index is 5.65. The molecule has 0 amide bonds. The Hall–Kier alpha value is -0.0900. The Morgan fingerprint density at radius 3 is 0.431 bits per heavy atom. The van der Waals surface area contributed by atoms with Gasteiger partial charge in [-0.3, -0.25) is 4.55 Å². The summed E-state index contributed by atoms with van der Waals surface area (Å²) in [5.41, 5.74) is -0.999. The van der Waals surface area contributed by atoms with Crippen molar-refractivity contribution in [3.8, 4) is 0 Å². The van der Waals surface area contributed by atoms with E-state index in [4.69, 9.17) is 0 Å². The molecule has 0 saturated heterocycles. The Morgan fingerprint density at radius 1 is 0.146 bits per heavy atom. The maximum atomic E-state index is 18.3. The normalized spacial score (nSPS) is 16.1. The molecule has 1 fully saturated rings. The van der Waals surface area contributed by atoms with Gasteiger partial charge in [-0.2, -0.15) is 8.42 Å². The fraction of sp³-hybridized carbons (Fsp3) is 1.00. The van der Waals surface area contributed by atoms with Gasteiger partial charge in [0.25, 0.3) is 10.1 Å². The highest BCUT2D eigenvalue weighted by atomic mass is 32.2. The maximum absolute atomic E-state index is 18.3. The zero-order valence-electron chi connectivity index (χ0n) is 92.5. The van der Waals surface area contributed by atoms with Crippen molar-refractivity contribution < 1.29 is 13.0 Å². The molecule has 130 heavy (non-hydrogen) atoms. The van der Waals surface area contributed by atoms with E-state index in [0.29, 0.717) is 0 Å². The fourth-order valence-electron chi connectivity index (χ4n) is 27.1. The first-order valence-electron chi connectivity index (χ1n) is 63.0. The van der Waals surface area contributed by atoms with Gasteiger partial charge in [-0.1, -0.05) is 711 Å². The third-order valence-corrected chi connectivity index (χ3v) is 36.5. The van der Waals surface area contributed by atoms with Gasteiger partial charge in [0.2, 0.25) is 0 Å². The lowest BCUT2D eigenvalue weighted by atomic mass is 9.26. The second-order valence-corrected chi connectivity index (χ2v) is 47.4. The third kappa shape index (κ3) is 59.6. The Kier molecular flexibility index (Phi) is 93.6. The molecular formula is C126H252O3S.